The summed E-state index contributed by atoms with van der Waals surface area (Å²) in [5.74, 6) is -0.648. The van der Waals surface area contributed by atoms with E-state index in [0.29, 0.717) is 39.0 Å². The monoisotopic (exact) mass is 458 g/mol. The summed E-state index contributed by atoms with van der Waals surface area (Å²) in [6, 6.07) is 9.07. The second kappa shape index (κ2) is 6.44. The smallest absolute Gasteiger partial charge is 0.340 e. The number of rotatable bonds is 2. The molecule has 1 spiro atoms. The summed E-state index contributed by atoms with van der Waals surface area (Å²) >= 11 is 9.53. The number of carbonyl (C=O) groups is 2. The van der Waals surface area contributed by atoms with Gasteiger partial charge in [0.25, 0.3) is 0 Å². The zero-order valence-corrected chi connectivity index (χ0v) is 17.1. The zero-order chi connectivity index (χ0) is 19.5. The average molecular weight is 460 g/mol. The van der Waals surface area contributed by atoms with E-state index in [4.69, 9.17) is 16.3 Å². The summed E-state index contributed by atoms with van der Waals surface area (Å²) in [6.45, 7) is 1.55. The van der Waals surface area contributed by atoms with Gasteiger partial charge in [0, 0.05) is 50.6 Å². The Morgan fingerprint density at radius 3 is 2.75 bits per heavy atom. The molecule has 3 aromatic rings. The maximum absolute atomic E-state index is 13.5. The molecule has 2 aromatic carbocycles. The molecule has 2 N–H and O–H groups in total. The third-order valence-electron chi connectivity index (χ3n) is 5.66. The molecule has 142 valence electrons. The minimum Gasteiger partial charge on any atom is -0.450 e. The summed E-state index contributed by atoms with van der Waals surface area (Å²) in [4.78, 5) is 29.4. The molecule has 7 heteroatoms. The van der Waals surface area contributed by atoms with Crippen molar-refractivity contribution in [3.05, 3.63) is 68.3 Å². The van der Waals surface area contributed by atoms with Crippen LogP contribution in [0.4, 0.5) is 0 Å². The Hall–Kier alpha value is -2.15. The number of benzene rings is 2. The lowest BCUT2D eigenvalue weighted by Gasteiger charge is -2.33. The number of nitrogens with one attached hydrogen (secondary N) is 2. The van der Waals surface area contributed by atoms with Crippen LogP contribution in [0, 0.1) is 0 Å². The molecule has 2 aliphatic rings. The molecule has 5 nitrogen and oxygen atoms in total. The largest absolute Gasteiger partial charge is 0.450 e. The number of esters is 1. The molecule has 0 radical (unpaired) electrons. The Labute approximate surface area is 174 Å². The molecule has 0 bridgehead atoms. The van der Waals surface area contributed by atoms with E-state index in [1.54, 1.807) is 18.3 Å². The van der Waals surface area contributed by atoms with Crippen LogP contribution in [-0.2, 0) is 10.3 Å². The molecule has 1 saturated heterocycles. The van der Waals surface area contributed by atoms with Crippen LogP contribution in [-0.4, -0.2) is 29.8 Å². The normalized spacial score (nSPS) is 17.7. The van der Waals surface area contributed by atoms with E-state index in [9.17, 15) is 9.59 Å². The van der Waals surface area contributed by atoms with Crippen molar-refractivity contribution in [2.24, 2.45) is 0 Å². The average Bonchev–Trinajstić information content (AvgIpc) is 3.21. The van der Waals surface area contributed by atoms with Gasteiger partial charge >= 0.3 is 5.97 Å². The van der Waals surface area contributed by atoms with Crippen LogP contribution in [0.3, 0.4) is 0 Å². The molecule has 5 rings (SSSR count). The van der Waals surface area contributed by atoms with Crippen LogP contribution in [0.2, 0.25) is 5.02 Å². The first-order valence-corrected chi connectivity index (χ1v) is 10.3. The molecule has 0 amide bonds. The summed E-state index contributed by atoms with van der Waals surface area (Å²) < 4.78 is 6.44. The zero-order valence-electron chi connectivity index (χ0n) is 14.8. The van der Waals surface area contributed by atoms with E-state index in [-0.39, 0.29) is 5.78 Å². The maximum Gasteiger partial charge on any atom is 0.340 e. The number of carbonyl (C=O) groups excluding carboxylic acids is 2. The number of ketones is 1. The summed E-state index contributed by atoms with van der Waals surface area (Å²) in [6.07, 6.45) is 3.06. The first-order valence-electron chi connectivity index (χ1n) is 9.08. The lowest BCUT2D eigenvalue weighted by atomic mass is 9.82. The molecule has 0 aliphatic carbocycles. The first kappa shape index (κ1) is 17.9. The predicted molar refractivity (Wildman–Crippen MR) is 110 cm³/mol. The van der Waals surface area contributed by atoms with Crippen LogP contribution < -0.4 is 5.32 Å². The molecule has 28 heavy (non-hydrogen) atoms. The van der Waals surface area contributed by atoms with Gasteiger partial charge in [-0.3, -0.25) is 4.79 Å². The third-order valence-corrected chi connectivity index (χ3v) is 6.56. The fourth-order valence-corrected chi connectivity index (χ4v) is 4.98. The van der Waals surface area contributed by atoms with E-state index < -0.39 is 11.6 Å². The Bertz CT molecular complexity index is 1150. The summed E-state index contributed by atoms with van der Waals surface area (Å²) in [5.41, 5.74) is 2.18. The standard InChI is InChI=1S/C21H16BrClN2O3/c22-15-4-3-14-17(20(27)28-21(14)5-7-24-8-6-21)18(15)19(26)13-10-25-16-9-11(23)1-2-12(13)16/h1-4,9-10,24-25H,5-8H2. The second-order valence-electron chi connectivity index (χ2n) is 7.20. The Balaban J connectivity index is 1.68. The highest BCUT2D eigenvalue weighted by molar-refractivity contribution is 9.10. The second-order valence-corrected chi connectivity index (χ2v) is 8.49. The fraction of sp³-hybridized carbons (Fsp3) is 0.238. The SMILES string of the molecule is O=C1OC2(CCNCC2)c2ccc(Br)c(C(=O)c3c[nH]c4cc(Cl)ccc34)c21. The molecular formula is C21H16BrClN2O3. The fourth-order valence-electron chi connectivity index (χ4n) is 4.30. The molecule has 3 heterocycles. The number of aromatic amines is 1. The van der Waals surface area contributed by atoms with Gasteiger partial charge in [-0.05, 0) is 31.3 Å². The van der Waals surface area contributed by atoms with Crippen molar-refractivity contribution in [2.75, 3.05) is 13.1 Å². The van der Waals surface area contributed by atoms with Gasteiger partial charge in [-0.2, -0.15) is 0 Å². The van der Waals surface area contributed by atoms with Gasteiger partial charge in [-0.25, -0.2) is 4.79 Å². The Kier molecular flexibility index (Phi) is 4.12. The van der Waals surface area contributed by atoms with Crippen LogP contribution in [0.5, 0.6) is 0 Å². The molecule has 2 aliphatic heterocycles. The van der Waals surface area contributed by atoms with Gasteiger partial charge in [0.1, 0.15) is 5.60 Å². The van der Waals surface area contributed by atoms with Crippen molar-refractivity contribution in [2.45, 2.75) is 18.4 Å². The number of H-pyrrole nitrogens is 1. The van der Waals surface area contributed by atoms with Crippen LogP contribution in [0.15, 0.2) is 41.0 Å². The van der Waals surface area contributed by atoms with E-state index in [1.165, 1.54) is 0 Å². The highest BCUT2D eigenvalue weighted by Crippen LogP contribution is 2.46. The van der Waals surface area contributed by atoms with Crippen LogP contribution >= 0.6 is 27.5 Å². The van der Waals surface area contributed by atoms with Gasteiger partial charge in [0.15, 0.2) is 5.78 Å². The molecule has 0 atom stereocenters. The van der Waals surface area contributed by atoms with E-state index in [0.717, 1.165) is 29.6 Å². The minimum absolute atomic E-state index is 0.222. The Morgan fingerprint density at radius 1 is 1.18 bits per heavy atom. The lowest BCUT2D eigenvalue weighted by Crippen LogP contribution is -2.40. The van der Waals surface area contributed by atoms with Gasteiger partial charge in [0.05, 0.1) is 11.1 Å². The van der Waals surface area contributed by atoms with Crippen molar-refractivity contribution in [1.82, 2.24) is 10.3 Å². The number of ether oxygens (including phenoxy) is 1. The van der Waals surface area contributed by atoms with E-state index in [2.05, 4.69) is 26.2 Å². The first-order chi connectivity index (χ1) is 13.5. The number of aromatic nitrogens is 1. The molecular weight excluding hydrogens is 444 g/mol. The summed E-state index contributed by atoms with van der Waals surface area (Å²) in [5, 5.41) is 4.65. The number of halogens is 2. The topological polar surface area (TPSA) is 71.2 Å². The van der Waals surface area contributed by atoms with Crippen molar-refractivity contribution in [1.29, 1.82) is 0 Å². The molecule has 1 fully saturated rings. The highest BCUT2D eigenvalue weighted by Gasteiger charge is 2.48. The maximum atomic E-state index is 13.5. The van der Waals surface area contributed by atoms with Crippen LogP contribution in [0.25, 0.3) is 10.9 Å². The molecule has 0 saturated carbocycles. The van der Waals surface area contributed by atoms with Crippen molar-refractivity contribution in [3.63, 3.8) is 0 Å². The number of piperidine rings is 1. The highest BCUT2D eigenvalue weighted by atomic mass is 79.9. The number of fused-ring (bicyclic) bond motifs is 3. The number of hydrogen-bond donors (Lipinski definition) is 2. The van der Waals surface area contributed by atoms with Crippen molar-refractivity contribution in [3.8, 4) is 0 Å². The summed E-state index contributed by atoms with van der Waals surface area (Å²) in [7, 11) is 0. The molecule has 1 aromatic heterocycles. The minimum atomic E-state index is -0.638. The predicted octanol–water partition coefficient (Wildman–Crippen LogP) is 4.56. The third kappa shape index (κ3) is 2.55. The van der Waals surface area contributed by atoms with Gasteiger partial charge < -0.3 is 15.0 Å². The van der Waals surface area contributed by atoms with E-state index >= 15 is 0 Å². The van der Waals surface area contributed by atoms with Crippen molar-refractivity contribution >= 4 is 50.2 Å². The lowest BCUT2D eigenvalue weighted by molar-refractivity contribution is -0.0242. The van der Waals surface area contributed by atoms with Gasteiger partial charge in [0.2, 0.25) is 0 Å². The van der Waals surface area contributed by atoms with Crippen molar-refractivity contribution < 1.29 is 14.3 Å². The van der Waals surface area contributed by atoms with E-state index in [1.807, 2.05) is 18.2 Å². The quantitative estimate of drug-likeness (QED) is 0.435. The van der Waals surface area contributed by atoms with Gasteiger partial charge in [-0.15, -0.1) is 0 Å². The Morgan fingerprint density at radius 2 is 1.96 bits per heavy atom. The van der Waals surface area contributed by atoms with Crippen LogP contribution in [0.1, 0.15) is 44.7 Å². The van der Waals surface area contributed by atoms with Gasteiger partial charge in [-0.1, -0.05) is 39.7 Å². The molecule has 0 unspecified atom stereocenters. The number of hydrogen-bond acceptors (Lipinski definition) is 4.